The van der Waals surface area contributed by atoms with E-state index in [1.54, 1.807) is 24.1 Å². The summed E-state index contributed by atoms with van der Waals surface area (Å²) in [5, 5.41) is 9.94. The third-order valence-corrected chi connectivity index (χ3v) is 2.73. The van der Waals surface area contributed by atoms with Gasteiger partial charge in [0.1, 0.15) is 5.82 Å². The highest BCUT2D eigenvalue weighted by molar-refractivity contribution is 6.31. The van der Waals surface area contributed by atoms with Crippen LogP contribution in [0.15, 0.2) is 18.2 Å². The first-order chi connectivity index (χ1) is 8.04. The molecule has 1 unspecified atom stereocenters. The van der Waals surface area contributed by atoms with E-state index in [0.717, 1.165) is 0 Å². The number of ether oxygens (including phenoxy) is 1. The van der Waals surface area contributed by atoms with Crippen LogP contribution in [0.2, 0.25) is 5.02 Å². The van der Waals surface area contributed by atoms with Crippen LogP contribution in [0.25, 0.3) is 0 Å². The summed E-state index contributed by atoms with van der Waals surface area (Å²) in [6, 6.07) is 4.60. The van der Waals surface area contributed by atoms with Crippen LogP contribution >= 0.6 is 11.6 Å². The number of nitrogens with zero attached hydrogens (tertiary/aromatic N) is 1. The van der Waals surface area contributed by atoms with Crippen molar-refractivity contribution in [3.05, 3.63) is 34.6 Å². The first-order valence-corrected chi connectivity index (χ1v) is 5.70. The van der Waals surface area contributed by atoms with E-state index in [0.29, 0.717) is 23.7 Å². The van der Waals surface area contributed by atoms with Gasteiger partial charge in [0.15, 0.2) is 0 Å². The summed E-state index contributed by atoms with van der Waals surface area (Å²) in [5.41, 5.74) is 0.446. The van der Waals surface area contributed by atoms with Gasteiger partial charge in [0, 0.05) is 30.8 Å². The smallest absolute Gasteiger partial charge is 0.129 e. The Bertz CT molecular complexity index is 342. The zero-order valence-electron chi connectivity index (χ0n) is 9.99. The number of hydrogen-bond donors (Lipinski definition) is 1. The molecule has 5 heteroatoms. The van der Waals surface area contributed by atoms with E-state index in [1.165, 1.54) is 13.2 Å². The Hall–Kier alpha value is -0.680. The molecule has 1 aromatic carbocycles. The number of halogens is 2. The number of aliphatic hydroxyl groups is 1. The molecule has 0 aromatic heterocycles. The summed E-state index contributed by atoms with van der Waals surface area (Å²) in [5.74, 6) is -0.328. The molecule has 0 fully saturated rings. The number of likely N-dealkylation sites (N-methyl/N-ethyl adjacent to an activating group) is 1. The predicted molar refractivity (Wildman–Crippen MR) is 65.6 cm³/mol. The van der Waals surface area contributed by atoms with E-state index < -0.39 is 6.10 Å². The van der Waals surface area contributed by atoms with Crippen LogP contribution in [0.3, 0.4) is 0 Å². The SMILES string of the molecule is COCC(O)CN(C)Cc1c(F)cccc1Cl. The molecule has 1 rings (SSSR count). The Balaban J connectivity index is 2.59. The fourth-order valence-corrected chi connectivity index (χ4v) is 1.85. The van der Waals surface area contributed by atoms with Crippen LogP contribution < -0.4 is 0 Å². The molecule has 0 saturated heterocycles. The highest BCUT2D eigenvalue weighted by Crippen LogP contribution is 2.20. The van der Waals surface area contributed by atoms with Crippen molar-refractivity contribution in [1.82, 2.24) is 4.90 Å². The maximum Gasteiger partial charge on any atom is 0.129 e. The molecule has 0 amide bonds. The lowest BCUT2D eigenvalue weighted by molar-refractivity contribution is 0.0417. The molecule has 0 aliphatic heterocycles. The summed E-state index contributed by atoms with van der Waals surface area (Å²) in [4.78, 5) is 1.80. The summed E-state index contributed by atoms with van der Waals surface area (Å²) in [7, 11) is 3.32. The van der Waals surface area contributed by atoms with Crippen LogP contribution in [-0.2, 0) is 11.3 Å². The largest absolute Gasteiger partial charge is 0.389 e. The molecule has 1 atom stereocenters. The topological polar surface area (TPSA) is 32.7 Å². The van der Waals surface area contributed by atoms with Gasteiger partial charge in [0.2, 0.25) is 0 Å². The summed E-state index contributed by atoms with van der Waals surface area (Å²) in [6.45, 7) is 1.01. The van der Waals surface area contributed by atoms with Gasteiger partial charge in [-0.2, -0.15) is 0 Å². The Morgan fingerprint density at radius 1 is 1.53 bits per heavy atom. The zero-order valence-corrected chi connectivity index (χ0v) is 10.7. The third-order valence-electron chi connectivity index (χ3n) is 2.37. The summed E-state index contributed by atoms with van der Waals surface area (Å²) >= 11 is 5.92. The van der Waals surface area contributed by atoms with E-state index in [4.69, 9.17) is 16.3 Å². The molecule has 0 radical (unpaired) electrons. The quantitative estimate of drug-likeness (QED) is 0.849. The second kappa shape index (κ2) is 6.91. The molecule has 96 valence electrons. The van der Waals surface area contributed by atoms with Gasteiger partial charge in [-0.3, -0.25) is 4.90 Å². The number of aliphatic hydroxyl groups excluding tert-OH is 1. The number of benzene rings is 1. The van der Waals surface area contributed by atoms with Gasteiger partial charge in [0.05, 0.1) is 12.7 Å². The van der Waals surface area contributed by atoms with Crippen molar-refractivity contribution < 1.29 is 14.2 Å². The first kappa shape index (κ1) is 14.4. The Labute approximate surface area is 106 Å². The average molecular weight is 262 g/mol. The standard InChI is InChI=1S/C12H17ClFNO2/c1-15(6-9(16)8-17-2)7-10-11(13)4-3-5-12(10)14/h3-5,9,16H,6-8H2,1-2H3. The highest BCUT2D eigenvalue weighted by atomic mass is 35.5. The van der Waals surface area contributed by atoms with Crippen LogP contribution in [-0.4, -0.2) is 43.4 Å². The molecule has 0 spiro atoms. The maximum absolute atomic E-state index is 13.5. The van der Waals surface area contributed by atoms with E-state index in [9.17, 15) is 9.50 Å². The van der Waals surface area contributed by atoms with Crippen molar-refractivity contribution in [3.8, 4) is 0 Å². The van der Waals surface area contributed by atoms with Gasteiger partial charge in [-0.1, -0.05) is 17.7 Å². The van der Waals surface area contributed by atoms with Crippen molar-refractivity contribution in [2.75, 3.05) is 27.3 Å². The summed E-state index contributed by atoms with van der Waals surface area (Å²) in [6.07, 6.45) is -0.587. The van der Waals surface area contributed by atoms with E-state index in [1.807, 2.05) is 0 Å². The van der Waals surface area contributed by atoms with Gasteiger partial charge >= 0.3 is 0 Å². The molecular weight excluding hydrogens is 245 g/mol. The van der Waals surface area contributed by atoms with E-state index in [-0.39, 0.29) is 12.4 Å². The Morgan fingerprint density at radius 3 is 2.82 bits per heavy atom. The molecule has 17 heavy (non-hydrogen) atoms. The fourth-order valence-electron chi connectivity index (χ4n) is 1.62. The van der Waals surface area contributed by atoms with Crippen molar-refractivity contribution in [2.24, 2.45) is 0 Å². The zero-order chi connectivity index (χ0) is 12.8. The summed E-state index contributed by atoms with van der Waals surface area (Å²) < 4.78 is 18.3. The average Bonchev–Trinajstić information content (AvgIpc) is 2.24. The highest BCUT2D eigenvalue weighted by Gasteiger charge is 2.12. The van der Waals surface area contributed by atoms with Gasteiger partial charge in [-0.15, -0.1) is 0 Å². The molecule has 0 aliphatic carbocycles. The van der Waals surface area contributed by atoms with E-state index >= 15 is 0 Å². The van der Waals surface area contributed by atoms with Crippen molar-refractivity contribution in [2.45, 2.75) is 12.6 Å². The van der Waals surface area contributed by atoms with Crippen LogP contribution in [0, 0.1) is 5.82 Å². The molecule has 1 aromatic rings. The monoisotopic (exact) mass is 261 g/mol. The normalized spacial score (nSPS) is 13.1. The van der Waals surface area contributed by atoms with Gasteiger partial charge in [-0.05, 0) is 19.2 Å². The Kier molecular flexibility index (Phi) is 5.85. The lowest BCUT2D eigenvalue weighted by Gasteiger charge is -2.20. The molecular formula is C12H17ClFNO2. The maximum atomic E-state index is 13.5. The van der Waals surface area contributed by atoms with Gasteiger partial charge in [0.25, 0.3) is 0 Å². The van der Waals surface area contributed by atoms with Crippen molar-refractivity contribution >= 4 is 11.6 Å². The Morgan fingerprint density at radius 2 is 2.24 bits per heavy atom. The predicted octanol–water partition coefficient (Wildman–Crippen LogP) is 1.92. The second-order valence-electron chi connectivity index (χ2n) is 4.01. The van der Waals surface area contributed by atoms with Crippen LogP contribution in [0.1, 0.15) is 5.56 Å². The molecule has 1 N–H and O–H groups in total. The molecule has 0 aliphatic rings. The number of methoxy groups -OCH3 is 1. The first-order valence-electron chi connectivity index (χ1n) is 5.33. The fraction of sp³-hybridized carbons (Fsp3) is 0.500. The van der Waals surface area contributed by atoms with Crippen molar-refractivity contribution in [3.63, 3.8) is 0 Å². The van der Waals surface area contributed by atoms with Crippen LogP contribution in [0.5, 0.6) is 0 Å². The molecule has 3 nitrogen and oxygen atoms in total. The van der Waals surface area contributed by atoms with Crippen LogP contribution in [0.4, 0.5) is 4.39 Å². The number of hydrogen-bond acceptors (Lipinski definition) is 3. The van der Waals surface area contributed by atoms with Gasteiger partial charge < -0.3 is 9.84 Å². The molecule has 0 heterocycles. The second-order valence-corrected chi connectivity index (χ2v) is 4.41. The number of rotatable bonds is 6. The lowest BCUT2D eigenvalue weighted by atomic mass is 10.2. The minimum absolute atomic E-state index is 0.259. The van der Waals surface area contributed by atoms with Crippen molar-refractivity contribution in [1.29, 1.82) is 0 Å². The molecule has 0 bridgehead atoms. The minimum atomic E-state index is -0.587. The van der Waals surface area contributed by atoms with E-state index in [2.05, 4.69) is 0 Å². The lowest BCUT2D eigenvalue weighted by Crippen LogP contribution is -2.31. The van der Waals surface area contributed by atoms with Gasteiger partial charge in [-0.25, -0.2) is 4.39 Å². The minimum Gasteiger partial charge on any atom is -0.389 e. The molecule has 0 saturated carbocycles. The third kappa shape index (κ3) is 4.60.